The summed E-state index contributed by atoms with van der Waals surface area (Å²) in [6, 6.07) is 1.81. The van der Waals surface area contributed by atoms with E-state index in [9.17, 15) is 8.78 Å². The van der Waals surface area contributed by atoms with Crippen molar-refractivity contribution in [2.45, 2.75) is 24.1 Å². The molecule has 0 bridgehead atoms. The first-order valence-corrected chi connectivity index (χ1v) is 6.78. The predicted octanol–water partition coefficient (Wildman–Crippen LogP) is 5.49. The summed E-state index contributed by atoms with van der Waals surface area (Å²) in [7, 11) is 0. The van der Waals surface area contributed by atoms with Crippen LogP contribution in [0.4, 0.5) is 8.78 Å². The van der Waals surface area contributed by atoms with Crippen LogP contribution in [-0.2, 0) is 0 Å². The number of rotatable bonds is 2. The van der Waals surface area contributed by atoms with Crippen molar-refractivity contribution in [3.05, 3.63) is 19.8 Å². The Morgan fingerprint density at radius 1 is 1.53 bits per heavy atom. The summed E-state index contributed by atoms with van der Waals surface area (Å²) in [6.45, 7) is 0. The molecule has 1 fully saturated rings. The first-order chi connectivity index (χ1) is 6.89. The van der Waals surface area contributed by atoms with Gasteiger partial charge in [0.2, 0.25) is 5.92 Å². The van der Waals surface area contributed by atoms with Crippen molar-refractivity contribution in [2.75, 3.05) is 0 Å². The molecule has 1 aromatic heterocycles. The van der Waals surface area contributed by atoms with Gasteiger partial charge >= 0.3 is 0 Å². The van der Waals surface area contributed by atoms with E-state index in [1.54, 1.807) is 6.07 Å². The highest BCUT2D eigenvalue weighted by Crippen LogP contribution is 2.52. The van der Waals surface area contributed by atoms with E-state index in [0.717, 1.165) is 9.35 Å². The third-order valence-electron chi connectivity index (χ3n) is 2.47. The van der Waals surface area contributed by atoms with Crippen LogP contribution in [0.2, 0.25) is 4.34 Å². The lowest BCUT2D eigenvalue weighted by molar-refractivity contribution is -0.110. The van der Waals surface area contributed by atoms with E-state index in [2.05, 4.69) is 15.9 Å². The minimum atomic E-state index is -2.52. The molecule has 0 nitrogen and oxygen atoms in total. The molecule has 0 N–H and O–H groups in total. The van der Waals surface area contributed by atoms with Crippen LogP contribution >= 0.6 is 50.5 Å². The van der Waals surface area contributed by atoms with E-state index in [-0.39, 0.29) is 24.1 Å². The highest BCUT2D eigenvalue weighted by molar-refractivity contribution is 9.10. The van der Waals surface area contributed by atoms with Gasteiger partial charge in [0, 0.05) is 22.2 Å². The molecular weight excluding hydrogens is 329 g/mol. The minimum Gasteiger partial charge on any atom is -0.207 e. The lowest BCUT2D eigenvalue weighted by atomic mass is 9.78. The van der Waals surface area contributed by atoms with Gasteiger partial charge in [-0.1, -0.05) is 11.6 Å². The number of halogens is 5. The Labute approximate surface area is 109 Å². The Hall–Kier alpha value is 0.620. The molecule has 2 rings (SSSR count). The fourth-order valence-corrected chi connectivity index (χ4v) is 3.83. The third-order valence-corrected chi connectivity index (χ3v) is 5.75. The van der Waals surface area contributed by atoms with E-state index in [1.807, 2.05) is 0 Å². The zero-order valence-corrected chi connectivity index (χ0v) is 11.4. The quantitative estimate of drug-likeness (QED) is 0.627. The molecule has 0 aromatic carbocycles. The molecule has 0 amide bonds. The largest absolute Gasteiger partial charge is 0.248 e. The first-order valence-electron chi connectivity index (χ1n) is 4.36. The van der Waals surface area contributed by atoms with Crippen molar-refractivity contribution in [2.24, 2.45) is 5.92 Å². The van der Waals surface area contributed by atoms with Gasteiger partial charge in [0.05, 0.1) is 5.38 Å². The molecule has 84 valence electrons. The summed E-state index contributed by atoms with van der Waals surface area (Å²) in [5.74, 6) is -2.65. The van der Waals surface area contributed by atoms with Crippen LogP contribution in [0.25, 0.3) is 0 Å². The second-order valence-electron chi connectivity index (χ2n) is 3.70. The summed E-state index contributed by atoms with van der Waals surface area (Å²) in [5, 5.41) is -0.349. The molecule has 1 atom stereocenters. The maximum absolute atomic E-state index is 12.7. The second kappa shape index (κ2) is 4.13. The molecule has 1 heterocycles. The second-order valence-corrected chi connectivity index (χ2v) is 6.71. The summed E-state index contributed by atoms with van der Waals surface area (Å²) < 4.78 is 26.7. The minimum absolute atomic E-state index is 0.117. The average Bonchev–Trinajstić information content (AvgIpc) is 2.42. The van der Waals surface area contributed by atoms with Gasteiger partial charge in [-0.05, 0) is 27.9 Å². The molecular formula is C9H7BrCl2F2S. The number of hydrogen-bond donors (Lipinski definition) is 0. The van der Waals surface area contributed by atoms with E-state index < -0.39 is 5.92 Å². The van der Waals surface area contributed by atoms with Crippen molar-refractivity contribution >= 4 is 50.5 Å². The molecule has 1 saturated carbocycles. The van der Waals surface area contributed by atoms with Crippen molar-refractivity contribution in [1.29, 1.82) is 0 Å². The monoisotopic (exact) mass is 334 g/mol. The van der Waals surface area contributed by atoms with Gasteiger partial charge in [-0.3, -0.25) is 0 Å². The van der Waals surface area contributed by atoms with Gasteiger partial charge in [-0.25, -0.2) is 8.78 Å². The Morgan fingerprint density at radius 3 is 2.53 bits per heavy atom. The summed E-state index contributed by atoms with van der Waals surface area (Å²) in [5.41, 5.74) is 0. The van der Waals surface area contributed by atoms with Crippen molar-refractivity contribution in [3.63, 3.8) is 0 Å². The van der Waals surface area contributed by atoms with E-state index >= 15 is 0 Å². The molecule has 6 heteroatoms. The highest BCUT2D eigenvalue weighted by atomic mass is 79.9. The summed E-state index contributed by atoms with van der Waals surface area (Å²) >= 11 is 16.6. The molecule has 1 aliphatic rings. The molecule has 0 radical (unpaired) electrons. The Morgan fingerprint density at radius 2 is 2.13 bits per heavy atom. The normalized spacial score (nSPS) is 22.5. The van der Waals surface area contributed by atoms with Gasteiger partial charge in [-0.2, -0.15) is 0 Å². The number of thiophene rings is 1. The zero-order chi connectivity index (χ0) is 11.2. The summed E-state index contributed by atoms with van der Waals surface area (Å²) in [4.78, 5) is 0.856. The van der Waals surface area contributed by atoms with Gasteiger partial charge in [0.1, 0.15) is 4.34 Å². The van der Waals surface area contributed by atoms with E-state index in [4.69, 9.17) is 23.2 Å². The van der Waals surface area contributed by atoms with Crippen LogP contribution in [0, 0.1) is 5.92 Å². The molecule has 1 aromatic rings. The van der Waals surface area contributed by atoms with E-state index in [1.165, 1.54) is 11.3 Å². The molecule has 1 aliphatic carbocycles. The number of hydrogen-bond acceptors (Lipinski definition) is 1. The molecule has 0 saturated heterocycles. The van der Waals surface area contributed by atoms with Gasteiger partial charge in [0.15, 0.2) is 0 Å². The van der Waals surface area contributed by atoms with E-state index in [0.29, 0.717) is 4.34 Å². The van der Waals surface area contributed by atoms with Crippen molar-refractivity contribution in [1.82, 2.24) is 0 Å². The first kappa shape index (κ1) is 12.1. The Kier molecular flexibility index (Phi) is 3.33. The standard InChI is InChI=1S/C9H7BrCl2F2S/c10-5-1-6(15-8(5)12)7(11)4-2-9(13,14)3-4/h1,4,7H,2-3H2. The van der Waals surface area contributed by atoms with Gasteiger partial charge in [-0.15, -0.1) is 22.9 Å². The predicted molar refractivity (Wildman–Crippen MR) is 63.3 cm³/mol. The maximum atomic E-state index is 12.7. The molecule has 1 unspecified atom stereocenters. The lowest BCUT2D eigenvalue weighted by Crippen LogP contribution is -2.37. The van der Waals surface area contributed by atoms with Gasteiger partial charge in [0.25, 0.3) is 0 Å². The fourth-order valence-electron chi connectivity index (χ4n) is 1.65. The van der Waals surface area contributed by atoms with Crippen LogP contribution in [0.15, 0.2) is 10.5 Å². The molecule has 0 spiro atoms. The Balaban J connectivity index is 2.06. The SMILES string of the molecule is FC1(F)CC(C(Cl)c2cc(Br)c(Cl)s2)C1. The number of alkyl halides is 3. The van der Waals surface area contributed by atoms with Crippen molar-refractivity contribution < 1.29 is 8.78 Å². The fraction of sp³-hybridized carbons (Fsp3) is 0.556. The Bertz CT molecular complexity index is 353. The lowest BCUT2D eigenvalue weighted by Gasteiger charge is -2.37. The maximum Gasteiger partial charge on any atom is 0.248 e. The van der Waals surface area contributed by atoms with Crippen LogP contribution in [0.5, 0.6) is 0 Å². The van der Waals surface area contributed by atoms with Crippen LogP contribution < -0.4 is 0 Å². The van der Waals surface area contributed by atoms with Crippen LogP contribution in [0.1, 0.15) is 23.1 Å². The van der Waals surface area contributed by atoms with Crippen molar-refractivity contribution in [3.8, 4) is 0 Å². The smallest absolute Gasteiger partial charge is 0.207 e. The average molecular weight is 336 g/mol. The molecule has 15 heavy (non-hydrogen) atoms. The van der Waals surface area contributed by atoms with Gasteiger partial charge < -0.3 is 0 Å². The highest BCUT2D eigenvalue weighted by Gasteiger charge is 2.48. The van der Waals surface area contributed by atoms with Crippen LogP contribution in [0.3, 0.4) is 0 Å². The zero-order valence-electron chi connectivity index (χ0n) is 7.44. The third kappa shape index (κ3) is 2.48. The molecule has 0 aliphatic heterocycles. The topological polar surface area (TPSA) is 0 Å². The van der Waals surface area contributed by atoms with Crippen LogP contribution in [-0.4, -0.2) is 5.92 Å². The summed E-state index contributed by atoms with van der Waals surface area (Å²) in [6.07, 6.45) is -0.234.